The highest BCUT2D eigenvalue weighted by atomic mass is 35.5. The Hall–Kier alpha value is -3.58. The molecule has 3 aromatic heterocycles. The number of carbonyl (C=O) groups is 2. The van der Waals surface area contributed by atoms with Crippen molar-refractivity contribution >= 4 is 50.7 Å². The largest absolute Gasteiger partial charge is 0.433 e. The van der Waals surface area contributed by atoms with Crippen molar-refractivity contribution in [3.05, 3.63) is 62.9 Å². The van der Waals surface area contributed by atoms with E-state index in [1.807, 2.05) is 6.92 Å². The molecule has 0 aliphatic heterocycles. The maximum atomic E-state index is 13.7. The van der Waals surface area contributed by atoms with Gasteiger partial charge in [0.25, 0.3) is 12.3 Å². The van der Waals surface area contributed by atoms with E-state index < -0.39 is 42.3 Å². The molecule has 204 valence electrons. The van der Waals surface area contributed by atoms with Gasteiger partial charge in [-0.2, -0.15) is 18.3 Å². The van der Waals surface area contributed by atoms with Gasteiger partial charge in [0.2, 0.25) is 5.91 Å². The molecule has 0 saturated heterocycles. The number of hydrogen-bond acceptors (Lipinski definition) is 5. The maximum Gasteiger partial charge on any atom is 0.433 e. The standard InChI is InChI=1S/C25H19ClF5N5O2S/c1-10-2-4-11(5-3-10)13-8-14(25(29,30)31)33-24-16(13)18(21(39-24)23(32)38)34-15(37)9-36-20(12-6-7-12)17(26)19(35-36)22(27)28/h2-5,8,12,22H,6-7,9H2,1H3,(H2,32,38)(H,34,37). The first-order chi connectivity index (χ1) is 18.3. The Balaban J connectivity index is 1.62. The number of halogens is 6. The SMILES string of the molecule is Cc1ccc(-c2cc(C(F)(F)F)nc3sc(C(N)=O)c(NC(=O)Cn4nc(C(F)F)c(Cl)c4C4CC4)c23)cc1. The van der Waals surface area contributed by atoms with E-state index in [1.165, 1.54) is 0 Å². The summed E-state index contributed by atoms with van der Waals surface area (Å²) in [4.78, 5) is 28.8. The van der Waals surface area contributed by atoms with Crippen molar-refractivity contribution in [1.82, 2.24) is 14.8 Å². The van der Waals surface area contributed by atoms with Crippen molar-refractivity contribution < 1.29 is 31.5 Å². The molecule has 0 bridgehead atoms. The molecule has 0 unspecified atom stereocenters. The fourth-order valence-corrected chi connectivity index (χ4v) is 5.67. The van der Waals surface area contributed by atoms with Gasteiger partial charge < -0.3 is 11.1 Å². The Morgan fingerprint density at radius 3 is 2.46 bits per heavy atom. The lowest BCUT2D eigenvalue weighted by Gasteiger charge is -2.13. The van der Waals surface area contributed by atoms with E-state index >= 15 is 0 Å². The zero-order valence-corrected chi connectivity index (χ0v) is 21.6. The number of benzene rings is 1. The molecule has 1 saturated carbocycles. The van der Waals surface area contributed by atoms with Crippen LogP contribution < -0.4 is 11.1 Å². The van der Waals surface area contributed by atoms with Crippen LogP contribution in [0.4, 0.5) is 27.6 Å². The van der Waals surface area contributed by atoms with Gasteiger partial charge in [0.1, 0.15) is 27.6 Å². The topological polar surface area (TPSA) is 103 Å². The molecule has 5 rings (SSSR count). The molecule has 14 heteroatoms. The first-order valence-electron chi connectivity index (χ1n) is 11.6. The average Bonchev–Trinajstić information content (AvgIpc) is 3.54. The molecular weight excluding hydrogens is 565 g/mol. The lowest BCUT2D eigenvalue weighted by molar-refractivity contribution is -0.140. The number of hydrogen-bond donors (Lipinski definition) is 2. The first kappa shape index (κ1) is 27.0. The van der Waals surface area contributed by atoms with Gasteiger partial charge in [0, 0.05) is 11.3 Å². The molecule has 1 aliphatic rings. The fraction of sp³-hybridized carbons (Fsp3) is 0.280. The summed E-state index contributed by atoms with van der Waals surface area (Å²) in [6.45, 7) is 1.28. The number of thiophene rings is 1. The number of nitrogens with one attached hydrogen (secondary N) is 1. The highest BCUT2D eigenvalue weighted by Gasteiger charge is 2.36. The molecule has 0 radical (unpaired) electrons. The van der Waals surface area contributed by atoms with Gasteiger partial charge in [0.15, 0.2) is 0 Å². The molecule has 1 aliphatic carbocycles. The first-order valence-corrected chi connectivity index (χ1v) is 12.8. The number of nitrogens with zero attached hydrogens (tertiary/aromatic N) is 3. The molecule has 1 fully saturated rings. The van der Waals surface area contributed by atoms with Crippen LogP contribution in [0.25, 0.3) is 21.3 Å². The van der Waals surface area contributed by atoms with Crippen molar-refractivity contribution in [1.29, 1.82) is 0 Å². The van der Waals surface area contributed by atoms with Gasteiger partial charge in [-0.15, -0.1) is 11.3 Å². The lowest BCUT2D eigenvalue weighted by Crippen LogP contribution is -2.22. The highest BCUT2D eigenvalue weighted by Crippen LogP contribution is 2.46. The number of primary amides is 1. The van der Waals surface area contributed by atoms with Crippen LogP contribution in [0.5, 0.6) is 0 Å². The third-order valence-corrected chi connectivity index (χ3v) is 7.71. The number of rotatable bonds is 7. The smallest absolute Gasteiger partial charge is 0.365 e. The molecule has 3 N–H and O–H groups in total. The van der Waals surface area contributed by atoms with Crippen LogP contribution in [0.2, 0.25) is 5.02 Å². The summed E-state index contributed by atoms with van der Waals surface area (Å²) in [6, 6.07) is 7.47. The second-order valence-corrected chi connectivity index (χ2v) is 10.5. The van der Waals surface area contributed by atoms with E-state index in [-0.39, 0.29) is 37.3 Å². The van der Waals surface area contributed by atoms with Gasteiger partial charge in [0.05, 0.1) is 16.4 Å². The third-order valence-electron chi connectivity index (χ3n) is 6.22. The molecule has 4 aromatic rings. The molecule has 0 spiro atoms. The van der Waals surface area contributed by atoms with Crippen LogP contribution in [0.1, 0.15) is 57.5 Å². The Labute approximate surface area is 226 Å². The van der Waals surface area contributed by atoms with Gasteiger partial charge in [-0.3, -0.25) is 14.3 Å². The number of aryl methyl sites for hydroxylation is 1. The summed E-state index contributed by atoms with van der Waals surface area (Å²) in [5.74, 6) is -1.88. The summed E-state index contributed by atoms with van der Waals surface area (Å²) < 4.78 is 69.0. The monoisotopic (exact) mass is 583 g/mol. The van der Waals surface area contributed by atoms with Crippen molar-refractivity contribution in [2.75, 3.05) is 5.32 Å². The van der Waals surface area contributed by atoms with Crippen molar-refractivity contribution in [3.63, 3.8) is 0 Å². The minimum absolute atomic E-state index is 0.0761. The number of anilines is 1. The van der Waals surface area contributed by atoms with Crippen LogP contribution in [0.3, 0.4) is 0 Å². The number of pyridine rings is 1. The van der Waals surface area contributed by atoms with Crippen molar-refractivity contribution in [2.45, 2.75) is 44.8 Å². The fourth-order valence-electron chi connectivity index (χ4n) is 4.29. The number of carbonyl (C=O) groups excluding carboxylic acids is 2. The van der Waals surface area contributed by atoms with Gasteiger partial charge in [-0.1, -0.05) is 41.4 Å². The minimum Gasteiger partial charge on any atom is -0.365 e. The quantitative estimate of drug-likeness (QED) is 0.237. The number of nitrogens with two attached hydrogens (primary N) is 1. The third kappa shape index (κ3) is 5.20. The second-order valence-electron chi connectivity index (χ2n) is 9.13. The zero-order chi connectivity index (χ0) is 28.2. The van der Waals surface area contributed by atoms with Crippen molar-refractivity contribution in [2.24, 2.45) is 5.73 Å². The zero-order valence-electron chi connectivity index (χ0n) is 20.1. The van der Waals surface area contributed by atoms with E-state index in [0.717, 1.165) is 16.3 Å². The predicted molar refractivity (Wildman–Crippen MR) is 136 cm³/mol. The molecule has 39 heavy (non-hydrogen) atoms. The number of fused-ring (bicyclic) bond motifs is 1. The summed E-state index contributed by atoms with van der Waals surface area (Å²) in [5, 5.41) is 6.25. The van der Waals surface area contributed by atoms with E-state index in [9.17, 15) is 31.5 Å². The highest BCUT2D eigenvalue weighted by molar-refractivity contribution is 7.21. The predicted octanol–water partition coefficient (Wildman–Crippen LogP) is 6.69. The Morgan fingerprint density at radius 1 is 1.23 bits per heavy atom. The summed E-state index contributed by atoms with van der Waals surface area (Å²) in [5.41, 5.74) is 5.21. The minimum atomic E-state index is -4.78. The van der Waals surface area contributed by atoms with E-state index in [1.54, 1.807) is 24.3 Å². The van der Waals surface area contributed by atoms with Crippen LogP contribution in [-0.4, -0.2) is 26.6 Å². The number of amides is 2. The Bertz CT molecular complexity index is 1610. The number of alkyl halides is 5. The molecule has 0 atom stereocenters. The van der Waals surface area contributed by atoms with Gasteiger partial charge in [-0.25, -0.2) is 13.8 Å². The molecule has 3 heterocycles. The maximum absolute atomic E-state index is 13.7. The van der Waals surface area contributed by atoms with Gasteiger partial charge in [-0.05, 0) is 37.0 Å². The number of aromatic nitrogens is 3. The van der Waals surface area contributed by atoms with E-state index in [4.69, 9.17) is 17.3 Å². The second kappa shape index (κ2) is 9.87. The summed E-state index contributed by atoms with van der Waals surface area (Å²) in [6.07, 6.45) is -6.34. The Morgan fingerprint density at radius 2 is 1.90 bits per heavy atom. The molecule has 2 amide bonds. The van der Waals surface area contributed by atoms with E-state index in [0.29, 0.717) is 35.4 Å². The molecule has 7 nitrogen and oxygen atoms in total. The van der Waals surface area contributed by atoms with Crippen LogP contribution in [0, 0.1) is 6.92 Å². The van der Waals surface area contributed by atoms with Crippen LogP contribution >= 0.6 is 22.9 Å². The van der Waals surface area contributed by atoms with Crippen molar-refractivity contribution in [3.8, 4) is 11.1 Å². The molecular formula is C25H19ClF5N5O2S. The van der Waals surface area contributed by atoms with Crippen LogP contribution in [0.15, 0.2) is 30.3 Å². The Kier molecular flexibility index (Phi) is 6.83. The summed E-state index contributed by atoms with van der Waals surface area (Å²) >= 11 is 6.74. The normalized spacial score (nSPS) is 13.8. The van der Waals surface area contributed by atoms with Crippen LogP contribution in [-0.2, 0) is 17.5 Å². The molecule has 1 aromatic carbocycles. The summed E-state index contributed by atoms with van der Waals surface area (Å²) in [7, 11) is 0. The van der Waals surface area contributed by atoms with Gasteiger partial charge >= 0.3 is 6.18 Å². The lowest BCUT2D eigenvalue weighted by atomic mass is 10.00. The average molecular weight is 584 g/mol. The van der Waals surface area contributed by atoms with E-state index in [2.05, 4.69) is 15.4 Å².